The highest BCUT2D eigenvalue weighted by Gasteiger charge is 2.26. The number of amides is 1. The molecule has 2 aromatic rings. The van der Waals surface area contributed by atoms with Crippen LogP contribution in [0.3, 0.4) is 0 Å². The first-order valence-electron chi connectivity index (χ1n) is 6.86. The lowest BCUT2D eigenvalue weighted by Gasteiger charge is -2.07. The fourth-order valence-corrected chi connectivity index (χ4v) is 4.55. The summed E-state index contributed by atoms with van der Waals surface area (Å²) in [7, 11) is 1.80. The number of halogens is 3. The fourth-order valence-electron chi connectivity index (χ4n) is 1.92. The minimum atomic E-state index is -0.223. The van der Waals surface area contributed by atoms with Crippen LogP contribution in [0.2, 0.25) is 15.3 Å². The van der Waals surface area contributed by atoms with E-state index < -0.39 is 0 Å². The van der Waals surface area contributed by atoms with Crippen molar-refractivity contribution in [1.82, 2.24) is 20.2 Å². The number of aryl methyl sites for hydroxylation is 1. The maximum absolute atomic E-state index is 12.0. The molecule has 0 aromatic carbocycles. The molecule has 3 heterocycles. The van der Waals surface area contributed by atoms with Crippen LogP contribution in [0, 0.1) is 0 Å². The topological polar surface area (TPSA) is 84.2 Å². The molecule has 25 heavy (non-hydrogen) atoms. The maximum Gasteiger partial charge on any atom is 0.234 e. The van der Waals surface area contributed by atoms with E-state index in [1.165, 1.54) is 23.5 Å². The lowest BCUT2D eigenvalue weighted by Crippen LogP contribution is -2.15. The summed E-state index contributed by atoms with van der Waals surface area (Å²) < 4.78 is 2.37. The fraction of sp³-hybridized carbons (Fsp3) is 0.231. The molecule has 2 aromatic heterocycles. The Bertz CT molecular complexity index is 843. The van der Waals surface area contributed by atoms with E-state index in [2.05, 4.69) is 25.9 Å². The molecule has 0 fully saturated rings. The molecule has 0 aliphatic carbocycles. The van der Waals surface area contributed by atoms with E-state index in [-0.39, 0.29) is 27.3 Å². The number of hydrogen-bond donors (Lipinski definition) is 2. The van der Waals surface area contributed by atoms with Gasteiger partial charge in [-0.1, -0.05) is 58.3 Å². The molecular formula is C13H11Cl3N6OS2. The lowest BCUT2D eigenvalue weighted by molar-refractivity contribution is -0.113. The minimum Gasteiger partial charge on any atom is -0.323 e. The number of anilines is 1. The third-order valence-electron chi connectivity index (χ3n) is 2.97. The number of hydrogen-bond acceptors (Lipinski definition) is 7. The molecule has 0 unspecified atom stereocenters. The zero-order chi connectivity index (χ0) is 18.0. The molecule has 1 aliphatic heterocycles. The molecule has 1 atom stereocenters. The van der Waals surface area contributed by atoms with E-state index in [1.807, 2.05) is 0 Å². The maximum atomic E-state index is 12.0. The Morgan fingerprint density at radius 1 is 1.44 bits per heavy atom. The summed E-state index contributed by atoms with van der Waals surface area (Å²) in [5.74, 6) is -0.0477. The number of carbonyl (C=O) groups excluding carboxylic acids is 1. The molecule has 12 heteroatoms. The van der Waals surface area contributed by atoms with Crippen LogP contribution < -0.4 is 10.7 Å². The summed E-state index contributed by atoms with van der Waals surface area (Å²) in [6, 6.07) is 3.15. The molecule has 0 radical (unpaired) electrons. The van der Waals surface area contributed by atoms with Crippen molar-refractivity contribution in [2.24, 2.45) is 12.1 Å². The first-order chi connectivity index (χ1) is 11.9. The molecule has 1 aliphatic rings. The van der Waals surface area contributed by atoms with Crippen molar-refractivity contribution in [2.45, 2.75) is 5.37 Å². The van der Waals surface area contributed by atoms with Gasteiger partial charge in [-0.2, -0.15) is 10.2 Å². The highest BCUT2D eigenvalue weighted by Crippen LogP contribution is 2.37. The van der Waals surface area contributed by atoms with Crippen LogP contribution >= 0.6 is 58.3 Å². The van der Waals surface area contributed by atoms with Gasteiger partial charge in [0.2, 0.25) is 5.91 Å². The Morgan fingerprint density at radius 2 is 2.24 bits per heavy atom. The number of thioether (sulfide) groups is 2. The number of pyridine rings is 1. The van der Waals surface area contributed by atoms with Gasteiger partial charge in [0.1, 0.15) is 16.2 Å². The van der Waals surface area contributed by atoms with Gasteiger partial charge < -0.3 is 5.32 Å². The van der Waals surface area contributed by atoms with Gasteiger partial charge in [-0.25, -0.2) is 4.98 Å². The molecular weight excluding hydrogens is 427 g/mol. The molecule has 0 saturated carbocycles. The SMILES string of the molecule is Cn1cc(Cl)c([C@@H]2NN=C(SCC(=O)Nc3ccc(Cl)nc3Cl)S2)n1. The molecule has 0 saturated heterocycles. The average Bonchev–Trinajstić information content (AvgIpc) is 3.14. The Labute approximate surface area is 166 Å². The third kappa shape index (κ3) is 4.73. The summed E-state index contributed by atoms with van der Waals surface area (Å²) >= 11 is 20.5. The van der Waals surface area contributed by atoms with Crippen molar-refractivity contribution >= 4 is 74.3 Å². The average molecular weight is 438 g/mol. The van der Waals surface area contributed by atoms with Gasteiger partial charge in [0.25, 0.3) is 0 Å². The molecule has 0 bridgehead atoms. The second kappa shape index (κ2) is 8.05. The van der Waals surface area contributed by atoms with Gasteiger partial charge in [0, 0.05) is 13.2 Å². The molecule has 7 nitrogen and oxygen atoms in total. The number of rotatable bonds is 4. The first-order valence-corrected chi connectivity index (χ1v) is 9.86. The van der Waals surface area contributed by atoms with Gasteiger partial charge in [-0.3, -0.25) is 14.9 Å². The van der Waals surface area contributed by atoms with Crippen LogP contribution in [-0.4, -0.2) is 30.8 Å². The molecule has 3 rings (SSSR count). The predicted octanol–water partition coefficient (Wildman–Crippen LogP) is 3.75. The summed E-state index contributed by atoms with van der Waals surface area (Å²) in [4.78, 5) is 15.9. The van der Waals surface area contributed by atoms with Crippen molar-refractivity contribution in [1.29, 1.82) is 0 Å². The zero-order valence-corrected chi connectivity index (χ0v) is 16.6. The van der Waals surface area contributed by atoms with Crippen LogP contribution in [-0.2, 0) is 11.8 Å². The monoisotopic (exact) mass is 436 g/mol. The van der Waals surface area contributed by atoms with E-state index >= 15 is 0 Å². The van der Waals surface area contributed by atoms with E-state index in [0.717, 1.165) is 4.38 Å². The molecule has 2 N–H and O–H groups in total. The molecule has 0 spiro atoms. The van der Waals surface area contributed by atoms with E-state index in [0.29, 0.717) is 16.4 Å². The van der Waals surface area contributed by atoms with Gasteiger partial charge in [-0.15, -0.1) is 0 Å². The van der Waals surface area contributed by atoms with E-state index in [9.17, 15) is 4.79 Å². The van der Waals surface area contributed by atoms with E-state index in [1.54, 1.807) is 30.1 Å². The van der Waals surface area contributed by atoms with Crippen molar-refractivity contribution in [3.05, 3.63) is 39.4 Å². The molecule has 132 valence electrons. The smallest absolute Gasteiger partial charge is 0.234 e. The second-order valence-corrected chi connectivity index (χ2v) is 8.32. The first kappa shape index (κ1) is 18.7. The van der Waals surface area contributed by atoms with Gasteiger partial charge >= 0.3 is 0 Å². The quantitative estimate of drug-likeness (QED) is 0.709. The van der Waals surface area contributed by atoms with Crippen LogP contribution in [0.25, 0.3) is 0 Å². The number of hydrazone groups is 1. The standard InChI is InChI=1S/C13H11Cl3N6OS2/c1-22-4-6(14)10(21-22)12-19-20-13(25-12)24-5-9(23)17-7-2-3-8(15)18-11(7)16/h2-4,12,19H,5H2,1H3,(H,17,23)/t12-/m1/s1. The number of nitrogens with one attached hydrogen (secondary N) is 2. The number of aromatic nitrogens is 3. The van der Waals surface area contributed by atoms with E-state index in [4.69, 9.17) is 34.8 Å². The Kier molecular flexibility index (Phi) is 6.00. The Hall–Kier alpha value is -1.13. The molecule has 1 amide bonds. The van der Waals surface area contributed by atoms with Crippen molar-refractivity contribution in [2.75, 3.05) is 11.1 Å². The Morgan fingerprint density at radius 3 is 2.92 bits per heavy atom. The van der Waals surface area contributed by atoms with Crippen LogP contribution in [0.4, 0.5) is 5.69 Å². The van der Waals surface area contributed by atoms with Crippen molar-refractivity contribution in [3.63, 3.8) is 0 Å². The third-order valence-corrected chi connectivity index (χ3v) is 6.00. The summed E-state index contributed by atoms with van der Waals surface area (Å²) in [6.07, 6.45) is 1.72. The summed E-state index contributed by atoms with van der Waals surface area (Å²) in [5, 5.41) is 12.0. The second-order valence-electron chi connectivity index (χ2n) is 4.85. The van der Waals surface area contributed by atoms with Crippen LogP contribution in [0.5, 0.6) is 0 Å². The normalized spacial score (nSPS) is 16.5. The zero-order valence-electron chi connectivity index (χ0n) is 12.7. The van der Waals surface area contributed by atoms with Gasteiger partial charge in [0.15, 0.2) is 9.53 Å². The number of nitrogens with zero attached hydrogens (tertiary/aromatic N) is 4. The largest absolute Gasteiger partial charge is 0.323 e. The minimum absolute atomic E-state index is 0.143. The van der Waals surface area contributed by atoms with Crippen molar-refractivity contribution < 1.29 is 4.79 Å². The number of carbonyl (C=O) groups is 1. The highest BCUT2D eigenvalue weighted by molar-refractivity contribution is 8.39. The highest BCUT2D eigenvalue weighted by atomic mass is 35.5. The summed E-state index contributed by atoms with van der Waals surface area (Å²) in [5.41, 5.74) is 4.07. The van der Waals surface area contributed by atoms with Gasteiger partial charge in [0.05, 0.1) is 16.5 Å². The van der Waals surface area contributed by atoms with Crippen LogP contribution in [0.1, 0.15) is 11.1 Å². The predicted molar refractivity (Wildman–Crippen MR) is 104 cm³/mol. The van der Waals surface area contributed by atoms with Crippen molar-refractivity contribution in [3.8, 4) is 0 Å². The Balaban J connectivity index is 1.50. The van der Waals surface area contributed by atoms with Gasteiger partial charge in [-0.05, 0) is 12.1 Å². The van der Waals surface area contributed by atoms with Crippen LogP contribution in [0.15, 0.2) is 23.4 Å². The lowest BCUT2D eigenvalue weighted by atomic mass is 10.4. The summed E-state index contributed by atoms with van der Waals surface area (Å²) in [6.45, 7) is 0.